The fourth-order valence-electron chi connectivity index (χ4n) is 3.63. The van der Waals surface area contributed by atoms with Crippen molar-refractivity contribution in [3.8, 4) is 5.75 Å². The van der Waals surface area contributed by atoms with Crippen molar-refractivity contribution in [1.82, 2.24) is 20.3 Å². The van der Waals surface area contributed by atoms with Crippen LogP contribution in [0.1, 0.15) is 25.7 Å². The van der Waals surface area contributed by atoms with Gasteiger partial charge in [0.1, 0.15) is 18.7 Å². The van der Waals surface area contributed by atoms with Crippen molar-refractivity contribution in [1.29, 1.82) is 0 Å². The number of piperidine rings is 1. The Balaban J connectivity index is 1.39. The third-order valence-electron chi connectivity index (χ3n) is 5.01. The van der Waals surface area contributed by atoms with Gasteiger partial charge >= 0.3 is 0 Å². The van der Waals surface area contributed by atoms with Gasteiger partial charge in [0, 0.05) is 19.1 Å². The van der Waals surface area contributed by atoms with Crippen molar-refractivity contribution in [2.75, 3.05) is 36.5 Å². The summed E-state index contributed by atoms with van der Waals surface area (Å²) < 4.78 is 5.96. The molecule has 2 aliphatic heterocycles. The Morgan fingerprint density at radius 2 is 2.08 bits per heavy atom. The molecule has 1 unspecified atom stereocenters. The predicted octanol–water partition coefficient (Wildman–Crippen LogP) is 2.08. The molecule has 3 heterocycles. The highest BCUT2D eigenvalue weighted by Crippen LogP contribution is 2.24. The molecule has 1 aromatic heterocycles. The summed E-state index contributed by atoms with van der Waals surface area (Å²) in [5.74, 6) is 2.31. The molecule has 0 aliphatic carbocycles. The quantitative estimate of drug-likeness (QED) is 0.822. The number of rotatable bonds is 6. The number of nitrogens with zero attached hydrogens (tertiary/aromatic N) is 4. The standard InChI is InChI=1S/C19H26N6O/c1-2-8-17(9-3-1)26-13-16-7-5-11-25(16)19-22-14-21-18(24-19)23-15-6-4-10-20-12-15/h1-3,8-9,14-16,20H,4-7,10-13H2,(H,21,22,23,24)/t15?,16-/m0/s1. The minimum atomic E-state index is 0.293. The van der Waals surface area contributed by atoms with Gasteiger partial charge in [-0.2, -0.15) is 4.98 Å². The summed E-state index contributed by atoms with van der Waals surface area (Å²) in [7, 11) is 0. The maximum absolute atomic E-state index is 5.96. The van der Waals surface area contributed by atoms with Crippen LogP contribution in [0.2, 0.25) is 0 Å². The molecule has 1 aromatic carbocycles. The van der Waals surface area contributed by atoms with E-state index >= 15 is 0 Å². The van der Waals surface area contributed by atoms with Crippen LogP contribution in [0, 0.1) is 0 Å². The number of anilines is 2. The average Bonchev–Trinajstić information content (AvgIpc) is 3.17. The third kappa shape index (κ3) is 4.22. The maximum Gasteiger partial charge on any atom is 0.230 e. The summed E-state index contributed by atoms with van der Waals surface area (Å²) in [6.45, 7) is 3.65. The zero-order chi connectivity index (χ0) is 17.6. The molecule has 26 heavy (non-hydrogen) atoms. The van der Waals surface area contributed by atoms with E-state index in [-0.39, 0.29) is 0 Å². The first-order valence-corrected chi connectivity index (χ1v) is 9.49. The van der Waals surface area contributed by atoms with Gasteiger partial charge in [0.15, 0.2) is 0 Å². The molecule has 2 atom stereocenters. The Morgan fingerprint density at radius 3 is 2.92 bits per heavy atom. The van der Waals surface area contributed by atoms with Crippen LogP contribution in [0.5, 0.6) is 5.75 Å². The van der Waals surface area contributed by atoms with Gasteiger partial charge < -0.3 is 20.3 Å². The molecular formula is C19H26N6O. The van der Waals surface area contributed by atoms with E-state index in [1.807, 2.05) is 30.3 Å². The summed E-state index contributed by atoms with van der Waals surface area (Å²) >= 11 is 0. The predicted molar refractivity (Wildman–Crippen MR) is 102 cm³/mol. The summed E-state index contributed by atoms with van der Waals surface area (Å²) in [4.78, 5) is 15.6. The third-order valence-corrected chi connectivity index (χ3v) is 5.01. The smallest absolute Gasteiger partial charge is 0.230 e. The number of ether oxygens (including phenoxy) is 1. The van der Waals surface area contributed by atoms with E-state index in [9.17, 15) is 0 Å². The van der Waals surface area contributed by atoms with E-state index in [4.69, 9.17) is 4.74 Å². The molecule has 2 N–H and O–H groups in total. The van der Waals surface area contributed by atoms with Gasteiger partial charge in [-0.25, -0.2) is 9.97 Å². The van der Waals surface area contributed by atoms with E-state index in [1.54, 1.807) is 6.33 Å². The fraction of sp³-hybridized carbons (Fsp3) is 0.526. The number of nitrogens with one attached hydrogen (secondary N) is 2. The van der Waals surface area contributed by atoms with Crippen molar-refractivity contribution in [2.45, 2.75) is 37.8 Å². The summed E-state index contributed by atoms with van der Waals surface area (Å²) in [6, 6.07) is 10.6. The molecule has 0 saturated carbocycles. The van der Waals surface area contributed by atoms with Crippen LogP contribution in [0.3, 0.4) is 0 Å². The van der Waals surface area contributed by atoms with E-state index in [0.717, 1.165) is 50.6 Å². The highest BCUT2D eigenvalue weighted by molar-refractivity contribution is 5.39. The lowest BCUT2D eigenvalue weighted by atomic mass is 10.1. The van der Waals surface area contributed by atoms with Crippen LogP contribution in [-0.2, 0) is 0 Å². The summed E-state index contributed by atoms with van der Waals surface area (Å²) in [5.41, 5.74) is 0. The Kier molecular flexibility index (Phi) is 5.44. The lowest BCUT2D eigenvalue weighted by Gasteiger charge is -2.26. The second-order valence-electron chi connectivity index (χ2n) is 6.91. The molecule has 2 aromatic rings. The van der Waals surface area contributed by atoms with E-state index in [2.05, 4.69) is 30.5 Å². The van der Waals surface area contributed by atoms with Crippen LogP contribution in [0.4, 0.5) is 11.9 Å². The first-order chi connectivity index (χ1) is 12.9. The highest BCUT2D eigenvalue weighted by Gasteiger charge is 2.28. The monoisotopic (exact) mass is 354 g/mol. The van der Waals surface area contributed by atoms with Crippen LogP contribution >= 0.6 is 0 Å². The number of hydrogen-bond acceptors (Lipinski definition) is 7. The van der Waals surface area contributed by atoms with Crippen molar-refractivity contribution < 1.29 is 4.74 Å². The zero-order valence-corrected chi connectivity index (χ0v) is 15.0. The summed E-state index contributed by atoms with van der Waals surface area (Å²) in [5, 5.41) is 6.84. The van der Waals surface area contributed by atoms with Gasteiger partial charge in [-0.1, -0.05) is 18.2 Å². The van der Waals surface area contributed by atoms with Crippen molar-refractivity contribution in [3.63, 3.8) is 0 Å². The normalized spacial score (nSPS) is 23.0. The lowest BCUT2D eigenvalue weighted by Crippen LogP contribution is -2.39. The van der Waals surface area contributed by atoms with Crippen molar-refractivity contribution in [3.05, 3.63) is 36.7 Å². The first kappa shape index (κ1) is 17.0. The number of hydrogen-bond donors (Lipinski definition) is 2. The van der Waals surface area contributed by atoms with Gasteiger partial charge in [0.2, 0.25) is 11.9 Å². The van der Waals surface area contributed by atoms with Crippen molar-refractivity contribution in [2.24, 2.45) is 0 Å². The Labute approximate surface area is 154 Å². The number of para-hydroxylation sites is 1. The molecule has 7 nitrogen and oxygen atoms in total. The lowest BCUT2D eigenvalue weighted by molar-refractivity contribution is 0.288. The topological polar surface area (TPSA) is 75.2 Å². The van der Waals surface area contributed by atoms with E-state index in [0.29, 0.717) is 24.6 Å². The fourth-order valence-corrected chi connectivity index (χ4v) is 3.63. The molecule has 0 bridgehead atoms. The number of aromatic nitrogens is 3. The van der Waals surface area contributed by atoms with Gasteiger partial charge in [0.05, 0.1) is 6.04 Å². The molecule has 2 saturated heterocycles. The Bertz CT molecular complexity index is 691. The van der Waals surface area contributed by atoms with Crippen LogP contribution in [-0.4, -0.2) is 53.3 Å². The molecule has 0 radical (unpaired) electrons. The SMILES string of the molecule is c1ccc(OC[C@@H]2CCCN2c2ncnc(NC3CCCNC3)n2)cc1. The second kappa shape index (κ2) is 8.31. The Morgan fingerprint density at radius 1 is 1.15 bits per heavy atom. The largest absolute Gasteiger partial charge is 0.491 e. The summed E-state index contributed by atoms with van der Waals surface area (Å²) in [6.07, 6.45) is 6.15. The van der Waals surface area contributed by atoms with Crippen LogP contribution in [0.25, 0.3) is 0 Å². The van der Waals surface area contributed by atoms with E-state index in [1.165, 1.54) is 6.42 Å². The minimum Gasteiger partial charge on any atom is -0.491 e. The zero-order valence-electron chi connectivity index (χ0n) is 15.0. The second-order valence-corrected chi connectivity index (χ2v) is 6.91. The van der Waals surface area contributed by atoms with Crippen LogP contribution in [0.15, 0.2) is 36.7 Å². The van der Waals surface area contributed by atoms with E-state index < -0.39 is 0 Å². The maximum atomic E-state index is 5.96. The van der Waals surface area contributed by atoms with Gasteiger partial charge in [-0.05, 0) is 44.4 Å². The molecule has 0 amide bonds. The molecular weight excluding hydrogens is 328 g/mol. The first-order valence-electron chi connectivity index (χ1n) is 9.49. The highest BCUT2D eigenvalue weighted by atomic mass is 16.5. The minimum absolute atomic E-state index is 0.293. The Hall–Kier alpha value is -2.41. The molecule has 0 spiro atoms. The van der Waals surface area contributed by atoms with Gasteiger partial charge in [-0.15, -0.1) is 0 Å². The molecule has 138 valence electrons. The van der Waals surface area contributed by atoms with Crippen LogP contribution < -0.4 is 20.3 Å². The molecule has 7 heteroatoms. The average molecular weight is 354 g/mol. The van der Waals surface area contributed by atoms with Crippen molar-refractivity contribution >= 4 is 11.9 Å². The van der Waals surface area contributed by atoms with Gasteiger partial charge in [-0.3, -0.25) is 0 Å². The molecule has 4 rings (SSSR count). The van der Waals surface area contributed by atoms with Gasteiger partial charge in [0.25, 0.3) is 0 Å². The molecule has 2 fully saturated rings. The number of benzene rings is 1. The molecule has 2 aliphatic rings.